The number of nitrogens with one attached hydrogen (secondary N) is 1. The van der Waals surface area contributed by atoms with Gasteiger partial charge in [0, 0.05) is 12.1 Å². The molecular formula is C19H19N3O2S. The van der Waals surface area contributed by atoms with E-state index in [0.29, 0.717) is 18.7 Å². The fourth-order valence-corrected chi connectivity index (χ4v) is 3.22. The molecule has 0 fully saturated rings. The number of hydrogen-bond acceptors (Lipinski definition) is 4. The maximum atomic E-state index is 12.9. The Morgan fingerprint density at radius 3 is 2.44 bits per heavy atom. The Labute approximate surface area is 151 Å². The summed E-state index contributed by atoms with van der Waals surface area (Å²) in [5.74, 6) is -0.432. The number of benzene rings is 2. The van der Waals surface area contributed by atoms with Gasteiger partial charge in [0.05, 0.1) is 6.54 Å². The van der Waals surface area contributed by atoms with E-state index in [1.54, 1.807) is 28.6 Å². The van der Waals surface area contributed by atoms with Gasteiger partial charge in [-0.2, -0.15) is 0 Å². The van der Waals surface area contributed by atoms with E-state index in [9.17, 15) is 9.59 Å². The molecule has 3 N–H and O–H groups in total. The SMILES string of the molecule is NCc1ccc(C(NC(=O)c2ccccc2)C(=O)N2CC=CS2)cc1. The predicted molar refractivity (Wildman–Crippen MR) is 99.4 cm³/mol. The van der Waals surface area contributed by atoms with Crippen LogP contribution in [0.4, 0.5) is 0 Å². The molecule has 1 atom stereocenters. The molecule has 5 nitrogen and oxygen atoms in total. The lowest BCUT2D eigenvalue weighted by Gasteiger charge is -2.23. The zero-order valence-corrected chi connectivity index (χ0v) is 14.4. The topological polar surface area (TPSA) is 75.4 Å². The molecule has 0 aromatic heterocycles. The van der Waals surface area contributed by atoms with Crippen molar-refractivity contribution in [3.63, 3.8) is 0 Å². The van der Waals surface area contributed by atoms with Crippen LogP contribution in [0.15, 0.2) is 66.1 Å². The summed E-state index contributed by atoms with van der Waals surface area (Å²) in [7, 11) is 0. The van der Waals surface area contributed by atoms with Gasteiger partial charge < -0.3 is 11.1 Å². The van der Waals surface area contributed by atoms with E-state index >= 15 is 0 Å². The Bertz CT molecular complexity index is 767. The molecule has 2 amide bonds. The minimum atomic E-state index is -0.744. The highest BCUT2D eigenvalue weighted by molar-refractivity contribution is 8.00. The number of nitrogens with zero attached hydrogens (tertiary/aromatic N) is 1. The Morgan fingerprint density at radius 1 is 1.12 bits per heavy atom. The van der Waals surface area contributed by atoms with E-state index in [1.165, 1.54) is 11.9 Å². The Kier molecular flexibility index (Phi) is 5.53. The first kappa shape index (κ1) is 17.3. The van der Waals surface area contributed by atoms with Gasteiger partial charge in [0.25, 0.3) is 11.8 Å². The van der Waals surface area contributed by atoms with Crippen molar-refractivity contribution in [3.05, 3.63) is 82.8 Å². The first-order chi connectivity index (χ1) is 12.2. The summed E-state index contributed by atoms with van der Waals surface area (Å²) in [5, 5.41) is 4.73. The third-order valence-corrected chi connectivity index (χ3v) is 4.81. The van der Waals surface area contributed by atoms with Crippen molar-refractivity contribution in [2.24, 2.45) is 5.73 Å². The largest absolute Gasteiger partial charge is 0.336 e. The molecule has 6 heteroatoms. The van der Waals surface area contributed by atoms with Crippen molar-refractivity contribution < 1.29 is 9.59 Å². The molecule has 2 aromatic carbocycles. The van der Waals surface area contributed by atoms with Gasteiger partial charge in [-0.1, -0.05) is 48.5 Å². The maximum absolute atomic E-state index is 12.9. The molecule has 2 aromatic rings. The highest BCUT2D eigenvalue weighted by Gasteiger charge is 2.28. The molecular weight excluding hydrogens is 334 g/mol. The first-order valence-corrected chi connectivity index (χ1v) is 8.80. The summed E-state index contributed by atoms with van der Waals surface area (Å²) < 4.78 is 1.63. The number of carbonyl (C=O) groups is 2. The quantitative estimate of drug-likeness (QED) is 0.810. The van der Waals surface area contributed by atoms with E-state index in [1.807, 2.05) is 41.8 Å². The molecule has 0 aliphatic carbocycles. The van der Waals surface area contributed by atoms with Crippen LogP contribution in [0.5, 0.6) is 0 Å². The summed E-state index contributed by atoms with van der Waals surface area (Å²) in [5.41, 5.74) is 7.86. The van der Waals surface area contributed by atoms with Gasteiger partial charge in [-0.25, -0.2) is 0 Å². The standard InChI is InChI=1S/C19H19N3O2S/c20-13-14-7-9-15(10-8-14)17(19(24)22-11-4-12-25-22)21-18(23)16-5-2-1-3-6-16/h1-10,12,17H,11,13,20H2,(H,21,23). The van der Waals surface area contributed by atoms with Crippen LogP contribution in [0.1, 0.15) is 27.5 Å². The van der Waals surface area contributed by atoms with Crippen LogP contribution in [-0.2, 0) is 11.3 Å². The molecule has 0 saturated heterocycles. The molecule has 1 aliphatic heterocycles. The molecule has 1 aliphatic rings. The summed E-state index contributed by atoms with van der Waals surface area (Å²) in [4.78, 5) is 25.4. The zero-order valence-electron chi connectivity index (χ0n) is 13.6. The van der Waals surface area contributed by atoms with Gasteiger partial charge in [0.15, 0.2) is 0 Å². The predicted octanol–water partition coefficient (Wildman–Crippen LogP) is 2.62. The summed E-state index contributed by atoms with van der Waals surface area (Å²) in [6, 6.07) is 15.6. The number of amides is 2. The van der Waals surface area contributed by atoms with Gasteiger partial charge in [-0.3, -0.25) is 13.9 Å². The minimum Gasteiger partial charge on any atom is -0.336 e. The van der Waals surface area contributed by atoms with Crippen LogP contribution >= 0.6 is 11.9 Å². The average molecular weight is 353 g/mol. The Balaban J connectivity index is 1.85. The maximum Gasteiger partial charge on any atom is 0.260 e. The second-order valence-electron chi connectivity index (χ2n) is 5.59. The normalized spacial score (nSPS) is 14.4. The molecule has 0 radical (unpaired) electrons. The van der Waals surface area contributed by atoms with E-state index in [-0.39, 0.29) is 11.8 Å². The van der Waals surface area contributed by atoms with Gasteiger partial charge in [0.2, 0.25) is 0 Å². The van der Waals surface area contributed by atoms with Crippen molar-refractivity contribution in [1.82, 2.24) is 9.62 Å². The average Bonchev–Trinajstić information content (AvgIpc) is 3.21. The lowest BCUT2D eigenvalue weighted by atomic mass is 10.0. The monoisotopic (exact) mass is 353 g/mol. The van der Waals surface area contributed by atoms with Crippen LogP contribution in [0.2, 0.25) is 0 Å². The zero-order chi connectivity index (χ0) is 17.6. The van der Waals surface area contributed by atoms with Crippen molar-refractivity contribution >= 4 is 23.8 Å². The molecule has 0 bridgehead atoms. The molecule has 1 unspecified atom stereocenters. The molecule has 3 rings (SSSR count). The van der Waals surface area contributed by atoms with Crippen LogP contribution in [0, 0.1) is 0 Å². The van der Waals surface area contributed by atoms with Crippen molar-refractivity contribution in [1.29, 1.82) is 0 Å². The number of hydrogen-bond donors (Lipinski definition) is 2. The number of nitrogens with two attached hydrogens (primary N) is 1. The fraction of sp³-hybridized carbons (Fsp3) is 0.158. The van der Waals surface area contributed by atoms with Crippen molar-refractivity contribution in [2.45, 2.75) is 12.6 Å². The first-order valence-electron chi connectivity index (χ1n) is 7.97. The van der Waals surface area contributed by atoms with Crippen LogP contribution in [0.25, 0.3) is 0 Å². The second-order valence-corrected chi connectivity index (χ2v) is 6.52. The van der Waals surface area contributed by atoms with E-state index < -0.39 is 6.04 Å². The van der Waals surface area contributed by atoms with Gasteiger partial charge in [0.1, 0.15) is 6.04 Å². The highest BCUT2D eigenvalue weighted by atomic mass is 32.2. The molecule has 1 heterocycles. The third-order valence-electron chi connectivity index (χ3n) is 3.91. The smallest absolute Gasteiger partial charge is 0.260 e. The van der Waals surface area contributed by atoms with Crippen molar-refractivity contribution in [3.8, 4) is 0 Å². The van der Waals surface area contributed by atoms with Crippen LogP contribution in [0.3, 0.4) is 0 Å². The minimum absolute atomic E-state index is 0.153. The Hall–Kier alpha value is -2.57. The molecule has 25 heavy (non-hydrogen) atoms. The lowest BCUT2D eigenvalue weighted by Crippen LogP contribution is -2.39. The van der Waals surface area contributed by atoms with E-state index in [4.69, 9.17) is 5.73 Å². The molecule has 0 saturated carbocycles. The van der Waals surface area contributed by atoms with Gasteiger partial charge in [-0.05, 0) is 40.6 Å². The van der Waals surface area contributed by atoms with Gasteiger partial charge >= 0.3 is 0 Å². The molecule has 0 spiro atoms. The lowest BCUT2D eigenvalue weighted by molar-refractivity contribution is -0.127. The number of rotatable bonds is 5. The second kappa shape index (κ2) is 8.00. The van der Waals surface area contributed by atoms with Crippen molar-refractivity contribution in [2.75, 3.05) is 6.54 Å². The van der Waals surface area contributed by atoms with Crippen LogP contribution < -0.4 is 11.1 Å². The summed E-state index contributed by atoms with van der Waals surface area (Å²) >= 11 is 1.34. The molecule has 128 valence electrons. The number of carbonyl (C=O) groups excluding carboxylic acids is 2. The van der Waals surface area contributed by atoms with E-state index in [0.717, 1.165) is 11.1 Å². The third kappa shape index (κ3) is 4.10. The van der Waals surface area contributed by atoms with Gasteiger partial charge in [-0.15, -0.1) is 0 Å². The summed E-state index contributed by atoms with van der Waals surface area (Å²) in [6.45, 7) is 0.962. The van der Waals surface area contributed by atoms with Crippen LogP contribution in [-0.4, -0.2) is 22.7 Å². The Morgan fingerprint density at radius 2 is 1.84 bits per heavy atom. The summed E-state index contributed by atoms with van der Waals surface area (Å²) in [6.07, 6.45) is 1.91. The fourth-order valence-electron chi connectivity index (χ4n) is 2.52. The highest BCUT2D eigenvalue weighted by Crippen LogP contribution is 2.25. The van der Waals surface area contributed by atoms with E-state index in [2.05, 4.69) is 5.32 Å².